The summed E-state index contributed by atoms with van der Waals surface area (Å²) >= 11 is 0. The number of rotatable bonds is 4. The van der Waals surface area contributed by atoms with Gasteiger partial charge in [-0.15, -0.1) is 0 Å². The maximum atomic E-state index is 11.5. The Labute approximate surface area is 117 Å². The van der Waals surface area contributed by atoms with Crippen LogP contribution in [-0.2, 0) is 10.2 Å². The minimum Gasteiger partial charge on any atom is -0.457 e. The lowest BCUT2D eigenvalue weighted by atomic mass is 9.83. The molecule has 0 radical (unpaired) electrons. The first kappa shape index (κ1) is 13.6. The quantitative estimate of drug-likeness (QED) is 0.924. The molecule has 0 bridgehead atoms. The molecule has 0 spiro atoms. The molecule has 0 aliphatic heterocycles. The van der Waals surface area contributed by atoms with Gasteiger partial charge in [0.05, 0.1) is 6.07 Å². The fraction of sp³-hybridized carbons (Fsp3) is 0.125. The molecular formula is C16H14N2O2. The molecule has 1 unspecified atom stereocenters. The Balaban J connectivity index is 2.34. The van der Waals surface area contributed by atoms with Crippen molar-refractivity contribution in [2.24, 2.45) is 5.73 Å². The number of nitriles is 1. The highest BCUT2D eigenvalue weighted by atomic mass is 16.5. The molecule has 100 valence electrons. The van der Waals surface area contributed by atoms with E-state index in [2.05, 4.69) is 0 Å². The monoisotopic (exact) mass is 266 g/mol. The van der Waals surface area contributed by atoms with Crippen LogP contribution in [0.2, 0.25) is 0 Å². The van der Waals surface area contributed by atoms with Crippen molar-refractivity contribution >= 4 is 5.91 Å². The van der Waals surface area contributed by atoms with E-state index in [-0.39, 0.29) is 0 Å². The number of para-hydroxylation sites is 1. The molecule has 4 heteroatoms. The Morgan fingerprint density at radius 3 is 2.40 bits per heavy atom. The maximum absolute atomic E-state index is 11.5. The normalized spacial score (nSPS) is 13.0. The molecule has 2 aromatic carbocycles. The van der Waals surface area contributed by atoms with Gasteiger partial charge in [0.25, 0.3) is 0 Å². The highest BCUT2D eigenvalue weighted by molar-refractivity contribution is 5.89. The van der Waals surface area contributed by atoms with Gasteiger partial charge in [-0.25, -0.2) is 0 Å². The summed E-state index contributed by atoms with van der Waals surface area (Å²) < 4.78 is 5.68. The van der Waals surface area contributed by atoms with Gasteiger partial charge in [0.15, 0.2) is 5.41 Å². The van der Waals surface area contributed by atoms with Crippen molar-refractivity contribution in [3.05, 3.63) is 60.2 Å². The van der Waals surface area contributed by atoms with Crippen LogP contribution in [0.25, 0.3) is 0 Å². The van der Waals surface area contributed by atoms with Gasteiger partial charge in [-0.05, 0) is 36.8 Å². The van der Waals surface area contributed by atoms with E-state index in [0.717, 1.165) is 0 Å². The van der Waals surface area contributed by atoms with Gasteiger partial charge in [-0.2, -0.15) is 5.26 Å². The smallest absolute Gasteiger partial charge is 0.242 e. The van der Waals surface area contributed by atoms with Crippen LogP contribution in [0.15, 0.2) is 54.6 Å². The summed E-state index contributed by atoms with van der Waals surface area (Å²) in [7, 11) is 0. The van der Waals surface area contributed by atoms with Gasteiger partial charge in [0.1, 0.15) is 11.5 Å². The van der Waals surface area contributed by atoms with E-state index in [1.807, 2.05) is 36.4 Å². The molecule has 0 aliphatic carbocycles. The summed E-state index contributed by atoms with van der Waals surface area (Å²) in [5.74, 6) is 0.552. The SMILES string of the molecule is CC(C#N)(C(N)=O)c1cccc(Oc2ccccc2)c1. The number of amides is 1. The number of primary amides is 1. The number of nitrogens with two attached hydrogens (primary N) is 1. The van der Waals surface area contributed by atoms with Crippen molar-refractivity contribution in [1.29, 1.82) is 5.26 Å². The molecule has 2 aromatic rings. The maximum Gasteiger partial charge on any atom is 0.242 e. The van der Waals surface area contributed by atoms with Crippen molar-refractivity contribution in [1.82, 2.24) is 0 Å². The average molecular weight is 266 g/mol. The Hall–Kier alpha value is -2.80. The zero-order chi connectivity index (χ0) is 14.6. The van der Waals surface area contributed by atoms with E-state index in [1.165, 1.54) is 6.92 Å². The van der Waals surface area contributed by atoms with Crippen molar-refractivity contribution in [3.8, 4) is 17.6 Å². The molecule has 0 heterocycles. The molecule has 1 atom stereocenters. The molecule has 0 aliphatic rings. The van der Waals surface area contributed by atoms with Crippen LogP contribution in [-0.4, -0.2) is 5.91 Å². The van der Waals surface area contributed by atoms with Crippen LogP contribution < -0.4 is 10.5 Å². The summed E-state index contributed by atoms with van der Waals surface area (Å²) in [6.45, 7) is 1.50. The van der Waals surface area contributed by atoms with Gasteiger partial charge in [-0.3, -0.25) is 4.79 Å². The van der Waals surface area contributed by atoms with E-state index < -0.39 is 11.3 Å². The van der Waals surface area contributed by atoms with E-state index >= 15 is 0 Å². The summed E-state index contributed by atoms with van der Waals surface area (Å²) in [6, 6.07) is 18.0. The largest absolute Gasteiger partial charge is 0.457 e. The molecule has 20 heavy (non-hydrogen) atoms. The summed E-state index contributed by atoms with van der Waals surface area (Å²) in [5.41, 5.74) is 4.46. The Kier molecular flexibility index (Phi) is 3.72. The van der Waals surface area contributed by atoms with Crippen LogP contribution in [0.4, 0.5) is 0 Å². The first-order valence-corrected chi connectivity index (χ1v) is 6.11. The molecule has 4 nitrogen and oxygen atoms in total. The van der Waals surface area contributed by atoms with Crippen molar-refractivity contribution in [2.75, 3.05) is 0 Å². The Morgan fingerprint density at radius 1 is 1.15 bits per heavy atom. The zero-order valence-corrected chi connectivity index (χ0v) is 11.0. The van der Waals surface area contributed by atoms with Gasteiger partial charge >= 0.3 is 0 Å². The highest BCUT2D eigenvalue weighted by Gasteiger charge is 2.33. The lowest BCUT2D eigenvalue weighted by Crippen LogP contribution is -2.37. The number of hydrogen-bond acceptors (Lipinski definition) is 3. The standard InChI is InChI=1S/C16H14N2O2/c1-16(11-17,15(18)19)12-6-5-9-14(10-12)20-13-7-3-2-4-8-13/h2-10H,1H3,(H2,18,19). The lowest BCUT2D eigenvalue weighted by molar-refractivity contribution is -0.121. The lowest BCUT2D eigenvalue weighted by Gasteiger charge is -2.18. The van der Waals surface area contributed by atoms with Crippen LogP contribution >= 0.6 is 0 Å². The second-order valence-electron chi connectivity index (χ2n) is 4.54. The first-order chi connectivity index (χ1) is 9.56. The Bertz CT molecular complexity index is 662. The number of hydrogen-bond donors (Lipinski definition) is 1. The summed E-state index contributed by atoms with van der Waals surface area (Å²) in [5, 5.41) is 9.20. The van der Waals surface area contributed by atoms with Crippen LogP contribution in [0.5, 0.6) is 11.5 Å². The molecule has 0 aromatic heterocycles. The highest BCUT2D eigenvalue weighted by Crippen LogP contribution is 2.28. The third-order valence-electron chi connectivity index (χ3n) is 3.11. The van der Waals surface area contributed by atoms with Gasteiger partial charge in [-0.1, -0.05) is 30.3 Å². The fourth-order valence-corrected chi connectivity index (χ4v) is 1.76. The summed E-state index contributed by atoms with van der Waals surface area (Å²) in [6.07, 6.45) is 0. The van der Waals surface area contributed by atoms with Gasteiger partial charge < -0.3 is 10.5 Å². The minimum absolute atomic E-state index is 0.515. The molecule has 0 saturated carbocycles. The molecule has 0 saturated heterocycles. The van der Waals surface area contributed by atoms with Crippen LogP contribution in [0, 0.1) is 11.3 Å². The van der Waals surface area contributed by atoms with Crippen molar-refractivity contribution in [3.63, 3.8) is 0 Å². The topological polar surface area (TPSA) is 76.1 Å². The second kappa shape index (κ2) is 5.45. The van der Waals surface area contributed by atoms with E-state index in [4.69, 9.17) is 10.5 Å². The zero-order valence-electron chi connectivity index (χ0n) is 11.0. The van der Waals surface area contributed by atoms with E-state index in [0.29, 0.717) is 17.1 Å². The van der Waals surface area contributed by atoms with Gasteiger partial charge in [0, 0.05) is 0 Å². The number of carbonyl (C=O) groups is 1. The van der Waals surface area contributed by atoms with Crippen LogP contribution in [0.1, 0.15) is 12.5 Å². The molecule has 2 N–H and O–H groups in total. The predicted octanol–water partition coefficient (Wildman–Crippen LogP) is 2.75. The average Bonchev–Trinajstić information content (AvgIpc) is 2.47. The summed E-state index contributed by atoms with van der Waals surface area (Å²) in [4.78, 5) is 11.5. The molecule has 0 fully saturated rings. The number of nitrogens with zero attached hydrogens (tertiary/aromatic N) is 1. The van der Waals surface area contributed by atoms with E-state index in [1.54, 1.807) is 24.3 Å². The third kappa shape index (κ3) is 2.62. The van der Waals surface area contributed by atoms with Crippen molar-refractivity contribution in [2.45, 2.75) is 12.3 Å². The van der Waals surface area contributed by atoms with Crippen LogP contribution in [0.3, 0.4) is 0 Å². The van der Waals surface area contributed by atoms with Gasteiger partial charge in [0.2, 0.25) is 5.91 Å². The van der Waals surface area contributed by atoms with E-state index in [9.17, 15) is 10.1 Å². The fourth-order valence-electron chi connectivity index (χ4n) is 1.76. The predicted molar refractivity (Wildman–Crippen MR) is 75.1 cm³/mol. The molecular weight excluding hydrogens is 252 g/mol. The third-order valence-corrected chi connectivity index (χ3v) is 3.11. The number of ether oxygens (including phenoxy) is 1. The molecule has 2 rings (SSSR count). The molecule has 1 amide bonds. The second-order valence-corrected chi connectivity index (χ2v) is 4.54. The minimum atomic E-state index is -1.37. The van der Waals surface area contributed by atoms with Crippen molar-refractivity contribution < 1.29 is 9.53 Å². The first-order valence-electron chi connectivity index (χ1n) is 6.11. The number of benzene rings is 2. The number of carbonyl (C=O) groups excluding carboxylic acids is 1. The Morgan fingerprint density at radius 2 is 1.80 bits per heavy atom.